The number of nitrogens with one attached hydrogen (secondary N) is 2. The van der Waals surface area contributed by atoms with E-state index in [2.05, 4.69) is 29.5 Å². The highest BCUT2D eigenvalue weighted by atomic mass is 127. The summed E-state index contributed by atoms with van der Waals surface area (Å²) in [4.78, 5) is 4.47. The van der Waals surface area contributed by atoms with Gasteiger partial charge in [-0.2, -0.15) is 13.2 Å². The van der Waals surface area contributed by atoms with E-state index in [4.69, 9.17) is 4.74 Å². The maximum Gasteiger partial charge on any atom is 0.422 e. The summed E-state index contributed by atoms with van der Waals surface area (Å²) in [5.41, 5.74) is 0.582. The van der Waals surface area contributed by atoms with Gasteiger partial charge in [-0.05, 0) is 37.7 Å². The van der Waals surface area contributed by atoms with Gasteiger partial charge >= 0.3 is 6.18 Å². The van der Waals surface area contributed by atoms with E-state index in [1.165, 1.54) is 6.07 Å². The summed E-state index contributed by atoms with van der Waals surface area (Å²) < 4.78 is 42.2. The number of alkyl halides is 3. The van der Waals surface area contributed by atoms with Crippen molar-refractivity contribution in [3.8, 4) is 5.75 Å². The van der Waals surface area contributed by atoms with Gasteiger partial charge in [-0.15, -0.1) is 24.0 Å². The fourth-order valence-corrected chi connectivity index (χ4v) is 2.83. The molecule has 1 aromatic carbocycles. The Morgan fingerprint density at radius 3 is 2.48 bits per heavy atom. The third-order valence-corrected chi connectivity index (χ3v) is 4.02. The topological polar surface area (TPSA) is 65.9 Å². The van der Waals surface area contributed by atoms with E-state index in [0.717, 1.165) is 6.42 Å². The summed E-state index contributed by atoms with van der Waals surface area (Å²) in [6.45, 7) is 6.54. The van der Waals surface area contributed by atoms with Crippen LogP contribution in [0.4, 0.5) is 13.2 Å². The van der Waals surface area contributed by atoms with Crippen LogP contribution in [0.1, 0.15) is 39.2 Å². The summed E-state index contributed by atoms with van der Waals surface area (Å²) in [7, 11) is 0. The molecule has 0 spiro atoms. The van der Waals surface area contributed by atoms with Crippen molar-refractivity contribution >= 4 is 29.9 Å². The van der Waals surface area contributed by atoms with Gasteiger partial charge in [-0.1, -0.05) is 32.0 Å². The highest BCUT2D eigenvalue weighted by Gasteiger charge is 2.28. The van der Waals surface area contributed by atoms with Crippen molar-refractivity contribution in [2.24, 2.45) is 16.8 Å². The second kappa shape index (κ2) is 14.7. The fourth-order valence-electron chi connectivity index (χ4n) is 2.83. The minimum Gasteiger partial charge on any atom is -0.484 e. The molecule has 5 nitrogen and oxygen atoms in total. The first-order valence-corrected chi connectivity index (χ1v) is 9.65. The van der Waals surface area contributed by atoms with Crippen LogP contribution in [0.2, 0.25) is 0 Å². The maximum absolute atomic E-state index is 12.4. The van der Waals surface area contributed by atoms with E-state index in [-0.39, 0.29) is 42.9 Å². The first-order valence-electron chi connectivity index (χ1n) is 9.65. The molecule has 9 heteroatoms. The Bertz CT molecular complexity index is 599. The minimum absolute atomic E-state index is 0. The van der Waals surface area contributed by atoms with E-state index < -0.39 is 12.8 Å². The van der Waals surface area contributed by atoms with Crippen molar-refractivity contribution in [1.29, 1.82) is 0 Å². The van der Waals surface area contributed by atoms with Crippen molar-refractivity contribution in [2.45, 2.75) is 46.3 Å². The van der Waals surface area contributed by atoms with Gasteiger partial charge in [-0.3, -0.25) is 0 Å². The Morgan fingerprint density at radius 2 is 1.90 bits per heavy atom. The van der Waals surface area contributed by atoms with Gasteiger partial charge in [-0.25, -0.2) is 4.99 Å². The molecule has 0 heterocycles. The molecule has 0 radical (unpaired) electrons. The van der Waals surface area contributed by atoms with Gasteiger partial charge < -0.3 is 20.5 Å². The number of aliphatic hydroxyl groups is 1. The van der Waals surface area contributed by atoms with Crippen LogP contribution >= 0.6 is 24.0 Å². The second-order valence-electron chi connectivity index (χ2n) is 7.10. The molecule has 0 saturated heterocycles. The van der Waals surface area contributed by atoms with Crippen molar-refractivity contribution in [2.75, 3.05) is 26.3 Å². The van der Waals surface area contributed by atoms with Gasteiger partial charge in [0.05, 0.1) is 6.54 Å². The Kier molecular flexibility index (Phi) is 14.1. The molecular weight excluding hydrogens is 498 g/mol. The Morgan fingerprint density at radius 1 is 1.21 bits per heavy atom. The molecule has 0 bridgehead atoms. The van der Waals surface area contributed by atoms with Crippen molar-refractivity contribution in [3.63, 3.8) is 0 Å². The standard InChI is InChI=1S/C20H32F3N3O2.HI/c1-4-24-19(25-12-16(9-10-27)11-15(2)3)26-13-17-7-5-6-8-18(17)28-14-20(21,22)23;/h5-8,15-16,27H,4,9-14H2,1-3H3,(H2,24,25,26);1H. The first-order chi connectivity index (χ1) is 13.2. The van der Waals surface area contributed by atoms with E-state index >= 15 is 0 Å². The number of para-hydroxylation sites is 1. The summed E-state index contributed by atoms with van der Waals surface area (Å²) in [5.74, 6) is 1.60. The lowest BCUT2D eigenvalue weighted by Crippen LogP contribution is -2.40. The molecule has 0 aromatic heterocycles. The van der Waals surface area contributed by atoms with E-state index in [1.54, 1.807) is 18.2 Å². The molecule has 3 N–H and O–H groups in total. The number of hydrogen-bond donors (Lipinski definition) is 3. The monoisotopic (exact) mass is 531 g/mol. The number of ether oxygens (including phenoxy) is 1. The van der Waals surface area contributed by atoms with Crippen LogP contribution in [0, 0.1) is 11.8 Å². The molecule has 168 valence electrons. The molecule has 1 unspecified atom stereocenters. The first kappa shape index (κ1) is 27.8. The molecule has 0 amide bonds. The zero-order valence-corrected chi connectivity index (χ0v) is 19.6. The Hall–Kier alpha value is -1.23. The molecular formula is C20H33F3IN3O2. The highest BCUT2D eigenvalue weighted by Crippen LogP contribution is 2.22. The van der Waals surface area contributed by atoms with Crippen LogP contribution in [0.3, 0.4) is 0 Å². The summed E-state index contributed by atoms with van der Waals surface area (Å²) >= 11 is 0. The fraction of sp³-hybridized carbons (Fsp3) is 0.650. The molecule has 1 rings (SSSR count). The van der Waals surface area contributed by atoms with Crippen LogP contribution in [0.25, 0.3) is 0 Å². The third-order valence-electron chi connectivity index (χ3n) is 4.02. The predicted molar refractivity (Wildman–Crippen MR) is 121 cm³/mol. The SMILES string of the molecule is CCNC(=NCc1ccccc1OCC(F)(F)F)NCC(CCO)CC(C)C.I. The van der Waals surface area contributed by atoms with Crippen LogP contribution < -0.4 is 15.4 Å². The lowest BCUT2D eigenvalue weighted by molar-refractivity contribution is -0.153. The lowest BCUT2D eigenvalue weighted by atomic mass is 9.94. The number of rotatable bonds is 11. The number of benzene rings is 1. The van der Waals surface area contributed by atoms with Crippen LogP contribution in [0.15, 0.2) is 29.3 Å². The largest absolute Gasteiger partial charge is 0.484 e. The zero-order valence-electron chi connectivity index (χ0n) is 17.3. The average molecular weight is 531 g/mol. The summed E-state index contributed by atoms with van der Waals surface area (Å²) in [6.07, 6.45) is -2.69. The molecule has 1 aromatic rings. The highest BCUT2D eigenvalue weighted by molar-refractivity contribution is 14.0. The number of halogens is 4. The van der Waals surface area contributed by atoms with Crippen molar-refractivity contribution in [1.82, 2.24) is 10.6 Å². The number of hydrogen-bond acceptors (Lipinski definition) is 3. The van der Waals surface area contributed by atoms with Gasteiger partial charge in [0.2, 0.25) is 0 Å². The van der Waals surface area contributed by atoms with Crippen LogP contribution in [-0.4, -0.2) is 43.5 Å². The number of nitrogens with zero attached hydrogens (tertiary/aromatic N) is 1. The van der Waals surface area contributed by atoms with E-state index in [0.29, 0.717) is 42.9 Å². The molecule has 0 aliphatic rings. The van der Waals surface area contributed by atoms with Crippen molar-refractivity contribution < 1.29 is 23.0 Å². The van der Waals surface area contributed by atoms with Crippen LogP contribution in [0.5, 0.6) is 5.75 Å². The predicted octanol–water partition coefficient (Wildman–Crippen LogP) is 4.35. The summed E-state index contributed by atoms with van der Waals surface area (Å²) in [6, 6.07) is 6.59. The second-order valence-corrected chi connectivity index (χ2v) is 7.10. The smallest absolute Gasteiger partial charge is 0.422 e. The van der Waals surface area contributed by atoms with Gasteiger partial charge in [0, 0.05) is 25.3 Å². The minimum atomic E-state index is -4.38. The van der Waals surface area contributed by atoms with E-state index in [9.17, 15) is 18.3 Å². The average Bonchev–Trinajstić information content (AvgIpc) is 2.62. The van der Waals surface area contributed by atoms with Gasteiger partial charge in [0.25, 0.3) is 0 Å². The van der Waals surface area contributed by atoms with Gasteiger partial charge in [0.15, 0.2) is 12.6 Å². The Balaban J connectivity index is 0.00000784. The maximum atomic E-state index is 12.4. The third kappa shape index (κ3) is 12.8. The molecule has 1 atom stereocenters. The van der Waals surface area contributed by atoms with Gasteiger partial charge in [0.1, 0.15) is 5.75 Å². The number of aliphatic hydroxyl groups excluding tert-OH is 1. The molecule has 0 saturated carbocycles. The Labute approximate surface area is 188 Å². The molecule has 29 heavy (non-hydrogen) atoms. The lowest BCUT2D eigenvalue weighted by Gasteiger charge is -2.20. The quantitative estimate of drug-likeness (QED) is 0.226. The van der Waals surface area contributed by atoms with Crippen molar-refractivity contribution in [3.05, 3.63) is 29.8 Å². The normalized spacial score (nSPS) is 13.0. The zero-order chi connectivity index (χ0) is 21.0. The number of aliphatic imine (C=N–C) groups is 1. The van der Waals surface area contributed by atoms with E-state index in [1.807, 2.05) is 6.92 Å². The molecule has 0 fully saturated rings. The van der Waals surface area contributed by atoms with Crippen LogP contribution in [-0.2, 0) is 6.54 Å². The number of guanidine groups is 1. The molecule has 0 aliphatic heterocycles. The molecule has 0 aliphatic carbocycles. The summed E-state index contributed by atoms with van der Waals surface area (Å²) in [5, 5.41) is 15.6.